The molecule has 1 heterocycles. The van der Waals surface area contributed by atoms with Crippen molar-refractivity contribution in [3.63, 3.8) is 0 Å². The number of hydrogen-bond acceptors (Lipinski definition) is 3. The van der Waals surface area contributed by atoms with Gasteiger partial charge in [-0.15, -0.1) is 0 Å². The first-order chi connectivity index (χ1) is 9.10. The van der Waals surface area contributed by atoms with Gasteiger partial charge in [-0.1, -0.05) is 0 Å². The second kappa shape index (κ2) is 5.56. The molecule has 0 radical (unpaired) electrons. The summed E-state index contributed by atoms with van der Waals surface area (Å²) >= 11 is 0. The molecule has 19 heavy (non-hydrogen) atoms. The number of methoxy groups -OCH3 is 1. The van der Waals surface area contributed by atoms with Gasteiger partial charge in [0.2, 0.25) is 0 Å². The zero-order valence-electron chi connectivity index (χ0n) is 11.0. The molecule has 0 saturated heterocycles. The van der Waals surface area contributed by atoms with Crippen molar-refractivity contribution in [3.05, 3.63) is 36.3 Å². The average molecular weight is 260 g/mol. The summed E-state index contributed by atoms with van der Waals surface area (Å²) in [5, 5.41) is 8.65. The SMILES string of the molecule is COc1ccc(-c2cn(CCC(=O)O)cn2)cc1C. The van der Waals surface area contributed by atoms with Crippen LogP contribution < -0.4 is 4.74 Å². The third kappa shape index (κ3) is 3.13. The maximum atomic E-state index is 10.5. The van der Waals surface area contributed by atoms with E-state index in [9.17, 15) is 4.79 Å². The zero-order valence-corrected chi connectivity index (χ0v) is 11.0. The highest BCUT2D eigenvalue weighted by Crippen LogP contribution is 2.24. The Balaban J connectivity index is 2.18. The molecule has 0 atom stereocenters. The summed E-state index contributed by atoms with van der Waals surface area (Å²) in [5.41, 5.74) is 2.86. The number of aromatic nitrogens is 2. The summed E-state index contributed by atoms with van der Waals surface area (Å²) in [7, 11) is 1.64. The minimum Gasteiger partial charge on any atom is -0.496 e. The molecule has 0 aliphatic carbocycles. The first-order valence-electron chi connectivity index (χ1n) is 5.98. The summed E-state index contributed by atoms with van der Waals surface area (Å²) in [4.78, 5) is 14.8. The van der Waals surface area contributed by atoms with Crippen molar-refractivity contribution >= 4 is 5.97 Å². The van der Waals surface area contributed by atoms with Crippen LogP contribution in [0.5, 0.6) is 5.75 Å². The minimum absolute atomic E-state index is 0.0947. The Hall–Kier alpha value is -2.30. The van der Waals surface area contributed by atoms with E-state index in [1.807, 2.05) is 31.3 Å². The number of aliphatic carboxylic acids is 1. The predicted octanol–water partition coefficient (Wildman–Crippen LogP) is 2.34. The normalized spacial score (nSPS) is 10.4. The van der Waals surface area contributed by atoms with E-state index in [-0.39, 0.29) is 6.42 Å². The van der Waals surface area contributed by atoms with E-state index in [0.29, 0.717) is 6.54 Å². The molecule has 0 unspecified atom stereocenters. The molecule has 0 spiro atoms. The second-order valence-electron chi connectivity index (χ2n) is 4.32. The lowest BCUT2D eigenvalue weighted by Gasteiger charge is -2.05. The summed E-state index contributed by atoms with van der Waals surface area (Å²) < 4.78 is 7.00. The first kappa shape index (κ1) is 13.1. The van der Waals surface area contributed by atoms with Crippen molar-refractivity contribution in [2.24, 2.45) is 0 Å². The fourth-order valence-electron chi connectivity index (χ4n) is 1.89. The maximum Gasteiger partial charge on any atom is 0.305 e. The van der Waals surface area contributed by atoms with Crippen LogP contribution in [-0.4, -0.2) is 27.7 Å². The van der Waals surface area contributed by atoms with Crippen LogP contribution >= 0.6 is 0 Å². The van der Waals surface area contributed by atoms with Gasteiger partial charge in [-0.25, -0.2) is 4.98 Å². The Bertz CT molecular complexity index is 590. The average Bonchev–Trinajstić information content (AvgIpc) is 2.85. The van der Waals surface area contributed by atoms with Gasteiger partial charge in [0.25, 0.3) is 0 Å². The lowest BCUT2D eigenvalue weighted by atomic mass is 10.1. The van der Waals surface area contributed by atoms with Gasteiger partial charge in [-0.2, -0.15) is 0 Å². The van der Waals surface area contributed by atoms with Crippen LogP contribution in [0, 0.1) is 6.92 Å². The van der Waals surface area contributed by atoms with Gasteiger partial charge >= 0.3 is 5.97 Å². The standard InChI is InChI=1S/C14H16N2O3/c1-10-7-11(3-4-13(10)19-2)12-8-16(9-15-12)6-5-14(17)18/h3-4,7-9H,5-6H2,1-2H3,(H,17,18). The van der Waals surface area contributed by atoms with Crippen LogP contribution in [0.15, 0.2) is 30.7 Å². The third-order valence-corrected chi connectivity index (χ3v) is 2.91. The number of benzene rings is 1. The minimum atomic E-state index is -0.810. The van der Waals surface area contributed by atoms with E-state index in [4.69, 9.17) is 9.84 Å². The third-order valence-electron chi connectivity index (χ3n) is 2.91. The Labute approximate surface area is 111 Å². The largest absolute Gasteiger partial charge is 0.496 e. The number of carboxylic acids is 1. The fraction of sp³-hybridized carbons (Fsp3) is 0.286. The fourth-order valence-corrected chi connectivity index (χ4v) is 1.89. The summed E-state index contributed by atoms with van der Waals surface area (Å²) in [6.45, 7) is 2.40. The van der Waals surface area contributed by atoms with Gasteiger partial charge in [0, 0.05) is 18.3 Å². The number of aryl methyl sites for hydroxylation is 2. The van der Waals surface area contributed by atoms with E-state index < -0.39 is 5.97 Å². The van der Waals surface area contributed by atoms with E-state index in [0.717, 1.165) is 22.6 Å². The number of carboxylic acid groups (broad SMARTS) is 1. The van der Waals surface area contributed by atoms with Crippen molar-refractivity contribution in [1.82, 2.24) is 9.55 Å². The molecule has 0 saturated carbocycles. The molecule has 100 valence electrons. The van der Waals surface area contributed by atoms with Gasteiger partial charge in [0.15, 0.2) is 0 Å². The molecule has 5 heteroatoms. The molecule has 0 aliphatic rings. The number of rotatable bonds is 5. The number of nitrogens with zero attached hydrogens (tertiary/aromatic N) is 2. The van der Waals surface area contributed by atoms with E-state index in [1.165, 1.54) is 0 Å². The monoisotopic (exact) mass is 260 g/mol. The molecular weight excluding hydrogens is 244 g/mol. The summed E-state index contributed by atoms with van der Waals surface area (Å²) in [6, 6.07) is 5.85. The molecular formula is C14H16N2O3. The van der Waals surface area contributed by atoms with Crippen molar-refractivity contribution in [2.75, 3.05) is 7.11 Å². The quantitative estimate of drug-likeness (QED) is 0.896. The molecule has 1 aromatic heterocycles. The van der Waals surface area contributed by atoms with Gasteiger partial charge in [0.05, 0.1) is 25.6 Å². The lowest BCUT2D eigenvalue weighted by molar-refractivity contribution is -0.137. The van der Waals surface area contributed by atoms with E-state index in [2.05, 4.69) is 4.98 Å². The molecule has 1 aromatic carbocycles. The van der Waals surface area contributed by atoms with Crippen LogP contribution in [0.25, 0.3) is 11.3 Å². The predicted molar refractivity (Wildman–Crippen MR) is 71.2 cm³/mol. The van der Waals surface area contributed by atoms with Gasteiger partial charge in [-0.05, 0) is 30.7 Å². The van der Waals surface area contributed by atoms with Crippen LogP contribution in [0.2, 0.25) is 0 Å². The molecule has 2 aromatic rings. The molecule has 0 fully saturated rings. The lowest BCUT2D eigenvalue weighted by Crippen LogP contribution is -2.02. The van der Waals surface area contributed by atoms with Crippen LogP contribution in [0.4, 0.5) is 0 Å². The van der Waals surface area contributed by atoms with Crippen molar-refractivity contribution in [2.45, 2.75) is 19.9 Å². The molecule has 0 aliphatic heterocycles. The van der Waals surface area contributed by atoms with Crippen molar-refractivity contribution in [3.8, 4) is 17.0 Å². The van der Waals surface area contributed by atoms with Gasteiger partial charge < -0.3 is 14.4 Å². The number of carbonyl (C=O) groups is 1. The Kier molecular flexibility index (Phi) is 3.85. The summed E-state index contributed by atoms with van der Waals surface area (Å²) in [6.07, 6.45) is 3.60. The highest BCUT2D eigenvalue weighted by Gasteiger charge is 2.06. The Morgan fingerprint density at radius 3 is 2.89 bits per heavy atom. The first-order valence-corrected chi connectivity index (χ1v) is 5.98. The Morgan fingerprint density at radius 1 is 1.47 bits per heavy atom. The second-order valence-corrected chi connectivity index (χ2v) is 4.32. The van der Waals surface area contributed by atoms with Crippen molar-refractivity contribution in [1.29, 1.82) is 0 Å². The highest BCUT2D eigenvalue weighted by atomic mass is 16.5. The topological polar surface area (TPSA) is 64.3 Å². The molecule has 1 N–H and O–H groups in total. The number of hydrogen-bond donors (Lipinski definition) is 1. The molecule has 2 rings (SSSR count). The van der Waals surface area contributed by atoms with Crippen LogP contribution in [0.3, 0.4) is 0 Å². The van der Waals surface area contributed by atoms with E-state index in [1.54, 1.807) is 18.0 Å². The van der Waals surface area contributed by atoms with Gasteiger partial charge in [-0.3, -0.25) is 4.79 Å². The molecule has 0 bridgehead atoms. The maximum absolute atomic E-state index is 10.5. The van der Waals surface area contributed by atoms with Gasteiger partial charge in [0.1, 0.15) is 5.75 Å². The van der Waals surface area contributed by atoms with E-state index >= 15 is 0 Å². The van der Waals surface area contributed by atoms with Crippen LogP contribution in [-0.2, 0) is 11.3 Å². The molecule has 0 amide bonds. The number of ether oxygens (including phenoxy) is 1. The highest BCUT2D eigenvalue weighted by molar-refractivity contribution is 5.66. The zero-order chi connectivity index (χ0) is 13.8. The Morgan fingerprint density at radius 2 is 2.26 bits per heavy atom. The van der Waals surface area contributed by atoms with Crippen molar-refractivity contribution < 1.29 is 14.6 Å². The number of imidazole rings is 1. The molecule has 5 nitrogen and oxygen atoms in total. The summed E-state index contributed by atoms with van der Waals surface area (Å²) in [5.74, 6) is 0.0320. The smallest absolute Gasteiger partial charge is 0.305 e. The van der Waals surface area contributed by atoms with Crippen LogP contribution in [0.1, 0.15) is 12.0 Å².